The van der Waals surface area contributed by atoms with E-state index in [1.807, 2.05) is 13.8 Å². The standard InChI is InChI=1S/C25H28ClN5O4S/c1-5-35-24(34)16-10-12-17(13-11-16)27-20(32)14-36-25-30-29-22(31(25)4)21(15(2)3)28-23(33)18-8-6-7-9-19(18)26/h6-13,15,21H,5,14H2,1-4H3,(H,27,32)(H,28,33)/t21-/m0/s1. The fourth-order valence-electron chi connectivity index (χ4n) is 3.35. The second kappa shape index (κ2) is 12.5. The number of hydrogen-bond donors (Lipinski definition) is 2. The fourth-order valence-corrected chi connectivity index (χ4v) is 4.29. The normalized spacial score (nSPS) is 11.7. The van der Waals surface area contributed by atoms with Gasteiger partial charge in [-0.2, -0.15) is 0 Å². The van der Waals surface area contributed by atoms with Crippen LogP contribution in [0.3, 0.4) is 0 Å². The van der Waals surface area contributed by atoms with Gasteiger partial charge in [0.1, 0.15) is 0 Å². The van der Waals surface area contributed by atoms with Crippen molar-refractivity contribution < 1.29 is 19.1 Å². The Kier molecular flexibility index (Phi) is 9.49. The molecule has 11 heteroatoms. The Balaban J connectivity index is 1.62. The molecule has 0 aliphatic carbocycles. The number of hydrogen-bond acceptors (Lipinski definition) is 7. The van der Waals surface area contributed by atoms with E-state index in [0.717, 1.165) is 0 Å². The van der Waals surface area contributed by atoms with E-state index in [2.05, 4.69) is 20.8 Å². The number of anilines is 1. The van der Waals surface area contributed by atoms with Gasteiger partial charge >= 0.3 is 5.97 Å². The van der Waals surface area contributed by atoms with Crippen molar-refractivity contribution in [2.24, 2.45) is 13.0 Å². The molecule has 36 heavy (non-hydrogen) atoms. The second-order valence-electron chi connectivity index (χ2n) is 8.21. The SMILES string of the molecule is CCOC(=O)c1ccc(NC(=O)CSc2nnc([C@@H](NC(=O)c3ccccc3Cl)C(C)C)n2C)cc1. The van der Waals surface area contributed by atoms with Crippen LogP contribution in [0.25, 0.3) is 0 Å². The van der Waals surface area contributed by atoms with Crippen LogP contribution in [0.1, 0.15) is 53.4 Å². The van der Waals surface area contributed by atoms with Crippen LogP contribution >= 0.6 is 23.4 Å². The van der Waals surface area contributed by atoms with E-state index in [0.29, 0.717) is 39.4 Å². The van der Waals surface area contributed by atoms with Crippen molar-refractivity contribution in [3.8, 4) is 0 Å². The number of carbonyl (C=O) groups excluding carboxylic acids is 3. The summed E-state index contributed by atoms with van der Waals surface area (Å²) in [6, 6.07) is 12.9. The summed E-state index contributed by atoms with van der Waals surface area (Å²) in [5, 5.41) is 15.2. The molecule has 2 amide bonds. The van der Waals surface area contributed by atoms with Crippen LogP contribution in [-0.2, 0) is 16.6 Å². The number of halogens is 1. The highest BCUT2D eigenvalue weighted by molar-refractivity contribution is 7.99. The van der Waals surface area contributed by atoms with Crippen LogP contribution < -0.4 is 10.6 Å². The van der Waals surface area contributed by atoms with E-state index in [-0.39, 0.29) is 23.5 Å². The number of benzene rings is 2. The number of esters is 1. The summed E-state index contributed by atoms with van der Waals surface area (Å²) in [5.41, 5.74) is 1.36. The Labute approximate surface area is 219 Å². The number of rotatable bonds is 10. The first-order valence-corrected chi connectivity index (χ1v) is 12.7. The van der Waals surface area contributed by atoms with E-state index < -0.39 is 12.0 Å². The second-order valence-corrected chi connectivity index (χ2v) is 9.56. The third-order valence-electron chi connectivity index (χ3n) is 5.23. The van der Waals surface area contributed by atoms with Crippen LogP contribution in [0.2, 0.25) is 5.02 Å². The fraction of sp³-hybridized carbons (Fsp3) is 0.320. The van der Waals surface area contributed by atoms with Crippen LogP contribution in [0.4, 0.5) is 5.69 Å². The molecule has 0 aliphatic rings. The Hall–Kier alpha value is -3.37. The summed E-state index contributed by atoms with van der Waals surface area (Å²) in [6.45, 7) is 5.98. The van der Waals surface area contributed by atoms with E-state index in [9.17, 15) is 14.4 Å². The molecule has 3 rings (SSSR count). The predicted octanol–water partition coefficient (Wildman–Crippen LogP) is 4.50. The van der Waals surface area contributed by atoms with Crippen LogP contribution in [0.5, 0.6) is 0 Å². The monoisotopic (exact) mass is 529 g/mol. The van der Waals surface area contributed by atoms with Gasteiger partial charge in [-0.25, -0.2) is 4.79 Å². The number of nitrogens with zero attached hydrogens (tertiary/aromatic N) is 3. The van der Waals surface area contributed by atoms with Crippen molar-refractivity contribution in [3.05, 3.63) is 70.5 Å². The summed E-state index contributed by atoms with van der Waals surface area (Å²) < 4.78 is 6.72. The van der Waals surface area contributed by atoms with Gasteiger partial charge in [0, 0.05) is 12.7 Å². The highest BCUT2D eigenvalue weighted by Crippen LogP contribution is 2.25. The Morgan fingerprint density at radius 1 is 1.08 bits per heavy atom. The van der Waals surface area contributed by atoms with Crippen molar-refractivity contribution >= 4 is 46.8 Å². The van der Waals surface area contributed by atoms with E-state index >= 15 is 0 Å². The van der Waals surface area contributed by atoms with Crippen LogP contribution in [0.15, 0.2) is 53.7 Å². The number of amides is 2. The van der Waals surface area contributed by atoms with Crippen molar-refractivity contribution in [3.63, 3.8) is 0 Å². The minimum absolute atomic E-state index is 0.0260. The van der Waals surface area contributed by atoms with Gasteiger partial charge in [-0.3, -0.25) is 9.59 Å². The third kappa shape index (κ3) is 6.86. The summed E-state index contributed by atoms with van der Waals surface area (Å²) in [5.74, 6) is -0.248. The molecule has 0 aliphatic heterocycles. The third-order valence-corrected chi connectivity index (χ3v) is 6.58. The van der Waals surface area contributed by atoms with Crippen LogP contribution in [0, 0.1) is 5.92 Å². The lowest BCUT2D eigenvalue weighted by molar-refractivity contribution is -0.113. The Morgan fingerprint density at radius 2 is 1.78 bits per heavy atom. The van der Waals surface area contributed by atoms with Gasteiger partial charge in [0.2, 0.25) is 5.91 Å². The molecular formula is C25H28ClN5O4S. The minimum atomic E-state index is -0.410. The molecule has 190 valence electrons. The molecule has 0 radical (unpaired) electrons. The van der Waals surface area contributed by atoms with E-state index in [4.69, 9.17) is 16.3 Å². The zero-order valence-electron chi connectivity index (χ0n) is 20.4. The molecule has 0 unspecified atom stereocenters. The predicted molar refractivity (Wildman–Crippen MR) is 139 cm³/mol. The average Bonchev–Trinajstić information content (AvgIpc) is 3.21. The lowest BCUT2D eigenvalue weighted by Gasteiger charge is -2.22. The molecule has 2 N–H and O–H groups in total. The Bertz CT molecular complexity index is 1230. The smallest absolute Gasteiger partial charge is 0.338 e. The van der Waals surface area contributed by atoms with Gasteiger partial charge in [-0.15, -0.1) is 10.2 Å². The molecule has 1 atom stereocenters. The average molecular weight is 530 g/mol. The summed E-state index contributed by atoms with van der Waals surface area (Å²) in [4.78, 5) is 37.0. The molecule has 0 spiro atoms. The maximum atomic E-state index is 12.8. The summed E-state index contributed by atoms with van der Waals surface area (Å²) in [6.07, 6.45) is 0. The molecule has 0 bridgehead atoms. The van der Waals surface area contributed by atoms with Gasteiger partial charge in [0.05, 0.1) is 34.6 Å². The Morgan fingerprint density at radius 3 is 2.42 bits per heavy atom. The summed E-state index contributed by atoms with van der Waals surface area (Å²) >= 11 is 7.40. The molecule has 3 aromatic rings. The molecule has 1 heterocycles. The lowest BCUT2D eigenvalue weighted by atomic mass is 10.0. The minimum Gasteiger partial charge on any atom is -0.462 e. The number of aromatic nitrogens is 3. The number of ether oxygens (including phenoxy) is 1. The molecule has 0 fully saturated rings. The first kappa shape index (κ1) is 27.2. The van der Waals surface area contributed by atoms with Gasteiger partial charge < -0.3 is 19.9 Å². The molecule has 9 nitrogen and oxygen atoms in total. The van der Waals surface area contributed by atoms with E-state index in [1.54, 1.807) is 67.1 Å². The number of nitrogens with one attached hydrogen (secondary N) is 2. The van der Waals surface area contributed by atoms with Gasteiger partial charge in [-0.05, 0) is 49.2 Å². The van der Waals surface area contributed by atoms with Gasteiger partial charge in [0.25, 0.3) is 5.91 Å². The van der Waals surface area contributed by atoms with E-state index in [1.165, 1.54) is 11.8 Å². The molecule has 0 saturated carbocycles. The van der Waals surface area contributed by atoms with Gasteiger partial charge in [0.15, 0.2) is 11.0 Å². The van der Waals surface area contributed by atoms with Crippen molar-refractivity contribution in [1.82, 2.24) is 20.1 Å². The largest absolute Gasteiger partial charge is 0.462 e. The van der Waals surface area contributed by atoms with Crippen molar-refractivity contribution in [2.45, 2.75) is 32.0 Å². The first-order chi connectivity index (χ1) is 17.2. The zero-order valence-corrected chi connectivity index (χ0v) is 22.0. The number of carbonyl (C=O) groups is 3. The lowest BCUT2D eigenvalue weighted by Crippen LogP contribution is -2.33. The van der Waals surface area contributed by atoms with Crippen molar-refractivity contribution in [2.75, 3.05) is 17.7 Å². The molecular weight excluding hydrogens is 502 g/mol. The van der Waals surface area contributed by atoms with Gasteiger partial charge in [-0.1, -0.05) is 49.3 Å². The molecule has 0 saturated heterocycles. The topological polar surface area (TPSA) is 115 Å². The van der Waals surface area contributed by atoms with Crippen LogP contribution in [-0.4, -0.2) is 44.9 Å². The quantitative estimate of drug-likeness (QED) is 0.293. The highest BCUT2D eigenvalue weighted by Gasteiger charge is 2.26. The molecule has 2 aromatic carbocycles. The summed E-state index contributed by atoms with van der Waals surface area (Å²) in [7, 11) is 1.79. The zero-order chi connectivity index (χ0) is 26.2. The van der Waals surface area contributed by atoms with Crippen molar-refractivity contribution in [1.29, 1.82) is 0 Å². The maximum absolute atomic E-state index is 12.8. The first-order valence-electron chi connectivity index (χ1n) is 11.4. The number of thioether (sulfide) groups is 1. The highest BCUT2D eigenvalue weighted by atomic mass is 35.5. The maximum Gasteiger partial charge on any atom is 0.338 e. The molecule has 1 aromatic heterocycles.